The summed E-state index contributed by atoms with van der Waals surface area (Å²) in [5.74, 6) is 0.686. The second-order valence-electron chi connectivity index (χ2n) is 7.70. The third-order valence-corrected chi connectivity index (χ3v) is 5.70. The molecule has 3 heterocycles. The maximum absolute atomic E-state index is 13.4. The van der Waals surface area contributed by atoms with E-state index in [2.05, 4.69) is 10.2 Å². The van der Waals surface area contributed by atoms with Crippen LogP contribution in [0.5, 0.6) is 5.75 Å². The number of nitrogens with zero attached hydrogens (tertiary/aromatic N) is 4. The van der Waals surface area contributed by atoms with Crippen LogP contribution in [0.15, 0.2) is 59.3 Å². The summed E-state index contributed by atoms with van der Waals surface area (Å²) in [4.78, 5) is 30.0. The molecule has 2 amide bonds. The first-order valence-corrected chi connectivity index (χ1v) is 10.4. The highest BCUT2D eigenvalue weighted by atomic mass is 16.5. The number of piperidine rings is 1. The topological polar surface area (TPSA) is 88.8 Å². The maximum atomic E-state index is 13.4. The summed E-state index contributed by atoms with van der Waals surface area (Å²) >= 11 is 0. The van der Waals surface area contributed by atoms with Crippen LogP contribution in [0.3, 0.4) is 0 Å². The van der Waals surface area contributed by atoms with E-state index in [1.165, 1.54) is 6.39 Å². The number of carbonyl (C=O) groups excluding carboxylic acids is 2. The first-order chi connectivity index (χ1) is 15.2. The van der Waals surface area contributed by atoms with E-state index in [1.54, 1.807) is 35.2 Å². The van der Waals surface area contributed by atoms with E-state index >= 15 is 0 Å². The van der Waals surface area contributed by atoms with Crippen LogP contribution in [0.25, 0.3) is 11.5 Å². The third kappa shape index (κ3) is 3.76. The Balaban J connectivity index is 1.41. The maximum Gasteiger partial charge on any atom is 0.265 e. The molecule has 2 aliphatic rings. The molecule has 0 saturated carbocycles. The number of aromatic nitrogens is 2. The van der Waals surface area contributed by atoms with Crippen molar-refractivity contribution in [2.75, 3.05) is 24.5 Å². The van der Waals surface area contributed by atoms with E-state index in [-0.39, 0.29) is 18.4 Å². The van der Waals surface area contributed by atoms with Gasteiger partial charge in [0, 0.05) is 24.2 Å². The van der Waals surface area contributed by atoms with Crippen LogP contribution in [0.1, 0.15) is 29.6 Å². The summed E-state index contributed by atoms with van der Waals surface area (Å²) in [7, 11) is 0. The SMILES string of the molecule is O=C([C@H]1CN(C(=O)c2ccc(-c3nnco3)cc2)c2ccccc2O1)N1CCCCC1. The van der Waals surface area contributed by atoms with Crippen molar-refractivity contribution in [1.82, 2.24) is 15.1 Å². The van der Waals surface area contributed by atoms with Crippen LogP contribution in [0.4, 0.5) is 5.69 Å². The van der Waals surface area contributed by atoms with Gasteiger partial charge in [0.15, 0.2) is 6.10 Å². The van der Waals surface area contributed by atoms with E-state index in [0.717, 1.165) is 37.9 Å². The second kappa shape index (κ2) is 8.22. The van der Waals surface area contributed by atoms with Gasteiger partial charge in [0.25, 0.3) is 11.8 Å². The van der Waals surface area contributed by atoms with Crippen molar-refractivity contribution >= 4 is 17.5 Å². The normalized spacial score (nSPS) is 18.3. The Morgan fingerprint density at radius 3 is 2.48 bits per heavy atom. The molecule has 3 aromatic rings. The Morgan fingerprint density at radius 1 is 0.968 bits per heavy atom. The fourth-order valence-electron chi connectivity index (χ4n) is 4.08. The van der Waals surface area contributed by atoms with Crippen LogP contribution in [-0.4, -0.2) is 52.6 Å². The summed E-state index contributed by atoms with van der Waals surface area (Å²) in [5.41, 5.74) is 1.90. The molecule has 2 aliphatic heterocycles. The van der Waals surface area contributed by atoms with Gasteiger partial charge in [-0.15, -0.1) is 10.2 Å². The Hall–Kier alpha value is -3.68. The molecular formula is C23H22N4O4. The van der Waals surface area contributed by atoms with Gasteiger partial charge < -0.3 is 19.0 Å². The Bertz CT molecular complexity index is 1080. The summed E-state index contributed by atoms with van der Waals surface area (Å²) in [6.07, 6.45) is 3.70. The highest BCUT2D eigenvalue weighted by Gasteiger charge is 2.36. The van der Waals surface area contributed by atoms with Gasteiger partial charge in [-0.1, -0.05) is 12.1 Å². The summed E-state index contributed by atoms with van der Waals surface area (Å²) in [6, 6.07) is 14.3. The van der Waals surface area contributed by atoms with E-state index < -0.39 is 6.10 Å². The highest BCUT2D eigenvalue weighted by molar-refractivity contribution is 6.08. The number of likely N-dealkylation sites (tertiary alicyclic amines) is 1. The first kappa shape index (κ1) is 19.3. The second-order valence-corrected chi connectivity index (χ2v) is 7.70. The number of hydrogen-bond donors (Lipinski definition) is 0. The number of anilines is 1. The lowest BCUT2D eigenvalue weighted by Gasteiger charge is -2.37. The van der Waals surface area contributed by atoms with Crippen molar-refractivity contribution in [3.8, 4) is 17.2 Å². The summed E-state index contributed by atoms with van der Waals surface area (Å²) in [6.45, 7) is 1.66. The van der Waals surface area contributed by atoms with Gasteiger partial charge in [-0.2, -0.15) is 0 Å². The van der Waals surface area contributed by atoms with Crippen molar-refractivity contribution in [3.63, 3.8) is 0 Å². The molecule has 1 aromatic heterocycles. The molecule has 8 nitrogen and oxygen atoms in total. The largest absolute Gasteiger partial charge is 0.476 e. The van der Waals surface area contributed by atoms with Gasteiger partial charge in [-0.05, 0) is 55.7 Å². The minimum atomic E-state index is -0.713. The van der Waals surface area contributed by atoms with E-state index in [1.807, 2.05) is 23.1 Å². The number of fused-ring (bicyclic) bond motifs is 1. The molecule has 0 aliphatic carbocycles. The number of benzene rings is 2. The van der Waals surface area contributed by atoms with Gasteiger partial charge in [-0.3, -0.25) is 9.59 Å². The van der Waals surface area contributed by atoms with Gasteiger partial charge in [-0.25, -0.2) is 0 Å². The zero-order valence-corrected chi connectivity index (χ0v) is 16.9. The molecule has 31 heavy (non-hydrogen) atoms. The highest BCUT2D eigenvalue weighted by Crippen LogP contribution is 2.35. The van der Waals surface area contributed by atoms with Crippen molar-refractivity contribution in [2.45, 2.75) is 25.4 Å². The molecule has 0 unspecified atom stereocenters. The van der Waals surface area contributed by atoms with Crippen molar-refractivity contribution in [2.24, 2.45) is 0 Å². The third-order valence-electron chi connectivity index (χ3n) is 5.70. The summed E-state index contributed by atoms with van der Waals surface area (Å²) in [5, 5.41) is 7.56. The smallest absolute Gasteiger partial charge is 0.265 e. The predicted octanol–water partition coefficient (Wildman–Crippen LogP) is 3.16. The number of amides is 2. The molecular weight excluding hydrogens is 396 g/mol. The molecule has 0 spiro atoms. The van der Waals surface area contributed by atoms with Gasteiger partial charge in [0.05, 0.1) is 12.2 Å². The monoisotopic (exact) mass is 418 g/mol. The lowest BCUT2D eigenvalue weighted by Crippen LogP contribution is -2.52. The van der Waals surface area contributed by atoms with Gasteiger partial charge in [0.2, 0.25) is 12.3 Å². The Morgan fingerprint density at radius 2 is 1.74 bits per heavy atom. The Kier molecular flexibility index (Phi) is 5.11. The number of ether oxygens (including phenoxy) is 1. The lowest BCUT2D eigenvalue weighted by atomic mass is 10.1. The standard InChI is InChI=1S/C23H22N4O4/c28-22(17-10-8-16(9-11-17)21-25-24-15-30-21)27-14-20(23(29)26-12-4-1-5-13-26)31-19-7-3-2-6-18(19)27/h2-3,6-11,15,20H,1,4-5,12-14H2/t20-/m1/s1. The minimum Gasteiger partial charge on any atom is -0.476 e. The van der Waals surface area contributed by atoms with Crippen LogP contribution in [0.2, 0.25) is 0 Å². The number of hydrogen-bond acceptors (Lipinski definition) is 6. The summed E-state index contributed by atoms with van der Waals surface area (Å²) < 4.78 is 11.2. The zero-order chi connectivity index (χ0) is 21.2. The molecule has 0 bridgehead atoms. The van der Waals surface area contributed by atoms with Crippen molar-refractivity contribution in [3.05, 3.63) is 60.5 Å². The molecule has 1 saturated heterocycles. The molecule has 1 atom stereocenters. The molecule has 0 radical (unpaired) electrons. The van der Waals surface area contributed by atoms with Crippen molar-refractivity contribution < 1.29 is 18.7 Å². The first-order valence-electron chi connectivity index (χ1n) is 10.4. The lowest BCUT2D eigenvalue weighted by molar-refractivity contribution is -0.139. The van der Waals surface area contributed by atoms with Crippen LogP contribution < -0.4 is 9.64 Å². The molecule has 158 valence electrons. The van der Waals surface area contributed by atoms with E-state index in [0.29, 0.717) is 22.9 Å². The average molecular weight is 418 g/mol. The van der Waals surface area contributed by atoms with Gasteiger partial charge in [0.1, 0.15) is 5.75 Å². The molecule has 1 fully saturated rings. The van der Waals surface area contributed by atoms with E-state index in [4.69, 9.17) is 9.15 Å². The number of para-hydroxylation sites is 2. The van der Waals surface area contributed by atoms with Crippen molar-refractivity contribution in [1.29, 1.82) is 0 Å². The minimum absolute atomic E-state index is 0.0567. The van der Waals surface area contributed by atoms with E-state index in [9.17, 15) is 9.59 Å². The molecule has 2 aromatic carbocycles. The molecule has 8 heteroatoms. The fraction of sp³-hybridized carbons (Fsp3) is 0.304. The fourth-order valence-corrected chi connectivity index (χ4v) is 4.08. The number of carbonyl (C=O) groups is 2. The molecule has 5 rings (SSSR count). The Labute approximate surface area is 179 Å². The molecule has 0 N–H and O–H groups in total. The zero-order valence-electron chi connectivity index (χ0n) is 16.9. The van der Waals surface area contributed by atoms with Gasteiger partial charge >= 0.3 is 0 Å². The number of rotatable bonds is 3. The quantitative estimate of drug-likeness (QED) is 0.649. The van der Waals surface area contributed by atoms with Crippen LogP contribution in [0, 0.1) is 0 Å². The van der Waals surface area contributed by atoms with Crippen LogP contribution >= 0.6 is 0 Å². The van der Waals surface area contributed by atoms with Crippen LogP contribution in [-0.2, 0) is 4.79 Å². The average Bonchev–Trinajstić information content (AvgIpc) is 3.38. The predicted molar refractivity (Wildman–Crippen MR) is 113 cm³/mol.